The Kier molecular flexibility index (Phi) is 2.87. The Morgan fingerprint density at radius 3 is 2.65 bits per heavy atom. The highest BCUT2D eigenvalue weighted by molar-refractivity contribution is 6.31. The Hall–Kier alpha value is -2.14. The van der Waals surface area contributed by atoms with Gasteiger partial charge < -0.3 is 8.83 Å². The van der Waals surface area contributed by atoms with E-state index in [1.54, 1.807) is 13.8 Å². The monoisotopic (exact) mass is 293 g/mol. The Labute approximate surface area is 118 Å². The van der Waals surface area contributed by atoms with Crippen molar-refractivity contribution in [3.8, 4) is 0 Å². The number of benzene rings is 1. The molecule has 0 radical (unpaired) electrons. The van der Waals surface area contributed by atoms with Crippen LogP contribution in [0, 0.1) is 19.7 Å². The van der Waals surface area contributed by atoms with Crippen LogP contribution in [0.15, 0.2) is 27.0 Å². The minimum absolute atomic E-state index is 0.00774. The Morgan fingerprint density at radius 2 is 2.00 bits per heavy atom. The molecule has 6 heteroatoms. The maximum absolute atomic E-state index is 13.7. The number of halogens is 2. The summed E-state index contributed by atoms with van der Waals surface area (Å²) in [4.78, 5) is 16.3. The molecule has 2 heterocycles. The van der Waals surface area contributed by atoms with E-state index in [1.165, 1.54) is 12.1 Å². The van der Waals surface area contributed by atoms with Gasteiger partial charge in [-0.2, -0.15) is 0 Å². The van der Waals surface area contributed by atoms with Gasteiger partial charge in [0.1, 0.15) is 0 Å². The molecule has 0 bridgehead atoms. The van der Waals surface area contributed by atoms with Gasteiger partial charge in [0, 0.05) is 17.3 Å². The number of furan rings is 1. The van der Waals surface area contributed by atoms with Crippen molar-refractivity contribution in [3.05, 3.63) is 52.1 Å². The molecule has 3 aromatic rings. The highest BCUT2D eigenvalue weighted by Crippen LogP contribution is 2.28. The molecule has 2 aromatic heterocycles. The highest BCUT2D eigenvalue weighted by atomic mass is 35.5. The Morgan fingerprint density at radius 1 is 1.25 bits per heavy atom. The van der Waals surface area contributed by atoms with Gasteiger partial charge in [-0.3, -0.25) is 4.79 Å². The smallest absolute Gasteiger partial charge is 0.265 e. The molecule has 0 aliphatic rings. The summed E-state index contributed by atoms with van der Waals surface area (Å²) in [6.07, 6.45) is 0. The van der Waals surface area contributed by atoms with E-state index in [1.807, 2.05) is 0 Å². The van der Waals surface area contributed by atoms with E-state index in [9.17, 15) is 9.18 Å². The van der Waals surface area contributed by atoms with E-state index in [0.717, 1.165) is 6.07 Å². The summed E-state index contributed by atoms with van der Waals surface area (Å²) in [5.74, 6) is -0.628. The van der Waals surface area contributed by atoms with E-state index in [0.29, 0.717) is 17.0 Å². The lowest BCUT2D eigenvalue weighted by Gasteiger charge is -1.93. The fourth-order valence-corrected chi connectivity index (χ4v) is 2.25. The van der Waals surface area contributed by atoms with Gasteiger partial charge in [-0.1, -0.05) is 11.6 Å². The molecule has 0 N–H and O–H groups in total. The van der Waals surface area contributed by atoms with Crippen molar-refractivity contribution in [1.29, 1.82) is 0 Å². The zero-order valence-electron chi connectivity index (χ0n) is 10.7. The van der Waals surface area contributed by atoms with Crippen LogP contribution in [0.1, 0.15) is 27.9 Å². The van der Waals surface area contributed by atoms with E-state index in [4.69, 9.17) is 20.4 Å². The summed E-state index contributed by atoms with van der Waals surface area (Å²) >= 11 is 5.76. The summed E-state index contributed by atoms with van der Waals surface area (Å²) in [7, 11) is 0. The lowest BCUT2D eigenvalue weighted by atomic mass is 10.2. The van der Waals surface area contributed by atoms with Crippen LogP contribution in [-0.4, -0.2) is 10.8 Å². The normalized spacial score (nSPS) is 11.2. The predicted molar refractivity (Wildman–Crippen MR) is 70.6 cm³/mol. The zero-order valence-corrected chi connectivity index (χ0v) is 11.4. The molecule has 0 unspecified atom stereocenters. The van der Waals surface area contributed by atoms with Crippen molar-refractivity contribution in [2.75, 3.05) is 0 Å². The average Bonchev–Trinajstić information content (AvgIpc) is 2.92. The number of rotatable bonds is 2. The maximum atomic E-state index is 13.7. The maximum Gasteiger partial charge on any atom is 0.265 e. The standard InChI is InChI=1S/C14H9ClFNO3/c1-6-13(19-7(2)17-6)12(18)11-4-8-3-9(15)5-10(16)14(8)20-11/h3-5H,1-2H3. The number of carbonyl (C=O) groups is 1. The van der Waals surface area contributed by atoms with Crippen molar-refractivity contribution in [3.63, 3.8) is 0 Å². The molecule has 4 nitrogen and oxygen atoms in total. The molecule has 0 aliphatic heterocycles. The summed E-state index contributed by atoms with van der Waals surface area (Å²) in [5.41, 5.74) is 0.457. The van der Waals surface area contributed by atoms with Crippen molar-refractivity contribution in [2.24, 2.45) is 0 Å². The Bertz CT molecular complexity index is 834. The molecular weight excluding hydrogens is 285 g/mol. The summed E-state index contributed by atoms with van der Waals surface area (Å²) in [6.45, 7) is 3.30. The largest absolute Gasteiger partial charge is 0.449 e. The quantitative estimate of drug-likeness (QED) is 0.669. The molecule has 3 rings (SSSR count). The molecular formula is C14H9ClFNO3. The first-order valence-corrected chi connectivity index (χ1v) is 6.21. The number of aromatic nitrogens is 1. The third-order valence-corrected chi connectivity index (χ3v) is 3.09. The lowest BCUT2D eigenvalue weighted by molar-refractivity contribution is 0.0983. The third kappa shape index (κ3) is 2.00. The first-order chi connectivity index (χ1) is 9.45. The molecule has 0 aliphatic carbocycles. The van der Waals surface area contributed by atoms with Crippen LogP contribution in [0.2, 0.25) is 5.02 Å². The van der Waals surface area contributed by atoms with Crippen LogP contribution in [-0.2, 0) is 0 Å². The molecule has 0 atom stereocenters. The number of nitrogens with zero attached hydrogens (tertiary/aromatic N) is 1. The van der Waals surface area contributed by atoms with Gasteiger partial charge >= 0.3 is 0 Å². The Balaban J connectivity index is 2.13. The lowest BCUT2D eigenvalue weighted by Crippen LogP contribution is -1.99. The van der Waals surface area contributed by atoms with Gasteiger partial charge in [-0.05, 0) is 25.1 Å². The second-order valence-corrected chi connectivity index (χ2v) is 4.83. The molecule has 0 fully saturated rings. The van der Waals surface area contributed by atoms with E-state index < -0.39 is 11.6 Å². The van der Waals surface area contributed by atoms with Crippen molar-refractivity contribution >= 4 is 28.4 Å². The fourth-order valence-electron chi connectivity index (χ4n) is 2.04. The molecule has 20 heavy (non-hydrogen) atoms. The number of aryl methyl sites for hydroxylation is 2. The van der Waals surface area contributed by atoms with Crippen LogP contribution in [0.5, 0.6) is 0 Å². The van der Waals surface area contributed by atoms with Crippen molar-refractivity contribution < 1.29 is 18.0 Å². The van der Waals surface area contributed by atoms with Gasteiger partial charge in [0.2, 0.25) is 5.76 Å². The third-order valence-electron chi connectivity index (χ3n) is 2.87. The van der Waals surface area contributed by atoms with E-state index in [2.05, 4.69) is 4.98 Å². The summed E-state index contributed by atoms with van der Waals surface area (Å²) in [5, 5.41) is 0.661. The van der Waals surface area contributed by atoms with Crippen LogP contribution in [0.4, 0.5) is 4.39 Å². The molecule has 0 saturated carbocycles. The van der Waals surface area contributed by atoms with Gasteiger partial charge in [0.15, 0.2) is 23.1 Å². The zero-order chi connectivity index (χ0) is 14.4. The van der Waals surface area contributed by atoms with E-state index in [-0.39, 0.29) is 22.1 Å². The topological polar surface area (TPSA) is 56.2 Å². The van der Waals surface area contributed by atoms with Crippen molar-refractivity contribution in [2.45, 2.75) is 13.8 Å². The van der Waals surface area contributed by atoms with Gasteiger partial charge in [-0.25, -0.2) is 9.37 Å². The van der Waals surface area contributed by atoms with E-state index >= 15 is 0 Å². The SMILES string of the molecule is Cc1nc(C)c(C(=O)c2cc3cc(Cl)cc(F)c3o2)o1. The number of fused-ring (bicyclic) bond motifs is 1. The summed E-state index contributed by atoms with van der Waals surface area (Å²) in [6, 6.07) is 4.09. The first kappa shape index (κ1) is 12.9. The minimum atomic E-state index is -0.614. The van der Waals surface area contributed by atoms with Gasteiger partial charge in [-0.15, -0.1) is 0 Å². The fraction of sp³-hybridized carbons (Fsp3) is 0.143. The van der Waals surface area contributed by atoms with Crippen LogP contribution in [0.25, 0.3) is 11.0 Å². The summed E-state index contributed by atoms with van der Waals surface area (Å²) < 4.78 is 24.2. The molecule has 1 aromatic carbocycles. The van der Waals surface area contributed by atoms with Crippen molar-refractivity contribution in [1.82, 2.24) is 4.98 Å². The molecule has 0 amide bonds. The van der Waals surface area contributed by atoms with Gasteiger partial charge in [0.25, 0.3) is 5.78 Å². The number of hydrogen-bond donors (Lipinski definition) is 0. The number of ketones is 1. The molecule has 0 saturated heterocycles. The molecule has 0 spiro atoms. The predicted octanol–water partition coefficient (Wildman–Crippen LogP) is 4.06. The van der Waals surface area contributed by atoms with Crippen LogP contribution >= 0.6 is 11.6 Å². The van der Waals surface area contributed by atoms with Crippen LogP contribution < -0.4 is 0 Å². The minimum Gasteiger partial charge on any atom is -0.449 e. The number of hydrogen-bond acceptors (Lipinski definition) is 4. The second kappa shape index (κ2) is 4.45. The highest BCUT2D eigenvalue weighted by Gasteiger charge is 2.22. The second-order valence-electron chi connectivity index (χ2n) is 4.39. The van der Waals surface area contributed by atoms with Crippen LogP contribution in [0.3, 0.4) is 0 Å². The first-order valence-electron chi connectivity index (χ1n) is 5.83. The average molecular weight is 294 g/mol. The molecule has 102 valence electrons. The number of oxazole rings is 1. The number of carbonyl (C=O) groups excluding carboxylic acids is 1. The van der Waals surface area contributed by atoms with Gasteiger partial charge in [0.05, 0.1) is 5.69 Å².